The summed E-state index contributed by atoms with van der Waals surface area (Å²) in [5.41, 5.74) is 1.33. The number of piperazine rings is 1. The molecule has 0 aromatic heterocycles. The molecule has 2 aliphatic rings. The maximum atomic E-state index is 12.6. The molecule has 3 rings (SSSR count). The SMILES string of the molecule is COCC(=O)N1CCC[C@H](CCC(=O)N2CCN(Cc3ccccc3)CC2)C1. The van der Waals surface area contributed by atoms with Gasteiger partial charge in [0.25, 0.3) is 0 Å². The van der Waals surface area contributed by atoms with Gasteiger partial charge in [0.1, 0.15) is 6.61 Å². The third-order valence-corrected chi connectivity index (χ3v) is 5.88. The monoisotopic (exact) mass is 387 g/mol. The Balaban J connectivity index is 1.37. The molecule has 0 aliphatic carbocycles. The smallest absolute Gasteiger partial charge is 0.248 e. The van der Waals surface area contributed by atoms with E-state index in [4.69, 9.17) is 4.74 Å². The molecule has 0 saturated carbocycles. The normalized spacial score (nSPS) is 21.0. The van der Waals surface area contributed by atoms with Gasteiger partial charge in [0.15, 0.2) is 0 Å². The van der Waals surface area contributed by atoms with Gasteiger partial charge in [0, 0.05) is 59.3 Å². The lowest BCUT2D eigenvalue weighted by Crippen LogP contribution is -2.48. The van der Waals surface area contributed by atoms with Gasteiger partial charge in [0.2, 0.25) is 11.8 Å². The van der Waals surface area contributed by atoms with Crippen molar-refractivity contribution in [1.29, 1.82) is 0 Å². The maximum Gasteiger partial charge on any atom is 0.248 e. The standard InChI is InChI=1S/C22H33N3O3/c1-28-18-22(27)25-11-5-8-20(17-25)9-10-21(26)24-14-12-23(13-15-24)16-19-6-3-2-4-7-19/h2-4,6-7,20H,5,8-18H2,1H3/t20-/m1/s1. The number of carbonyl (C=O) groups is 2. The van der Waals surface area contributed by atoms with Crippen LogP contribution in [0.1, 0.15) is 31.2 Å². The van der Waals surface area contributed by atoms with Gasteiger partial charge in [0.05, 0.1) is 0 Å². The molecule has 1 aromatic carbocycles. The summed E-state index contributed by atoms with van der Waals surface area (Å²) in [6, 6.07) is 10.5. The fourth-order valence-electron chi connectivity index (χ4n) is 4.22. The van der Waals surface area contributed by atoms with Crippen LogP contribution in [-0.2, 0) is 20.9 Å². The van der Waals surface area contributed by atoms with Crippen LogP contribution in [0.5, 0.6) is 0 Å². The summed E-state index contributed by atoms with van der Waals surface area (Å²) in [7, 11) is 1.55. The van der Waals surface area contributed by atoms with Crippen molar-refractivity contribution in [3.8, 4) is 0 Å². The van der Waals surface area contributed by atoms with E-state index < -0.39 is 0 Å². The highest BCUT2D eigenvalue weighted by Gasteiger charge is 2.26. The molecule has 6 nitrogen and oxygen atoms in total. The molecular weight excluding hydrogens is 354 g/mol. The third-order valence-electron chi connectivity index (χ3n) is 5.88. The van der Waals surface area contributed by atoms with Gasteiger partial charge in [-0.3, -0.25) is 14.5 Å². The van der Waals surface area contributed by atoms with Crippen molar-refractivity contribution < 1.29 is 14.3 Å². The summed E-state index contributed by atoms with van der Waals surface area (Å²) in [6.07, 6.45) is 3.59. The number of carbonyl (C=O) groups excluding carboxylic acids is 2. The Kier molecular flexibility index (Phi) is 7.86. The Morgan fingerprint density at radius 3 is 2.46 bits per heavy atom. The maximum absolute atomic E-state index is 12.6. The summed E-state index contributed by atoms with van der Waals surface area (Å²) in [5, 5.41) is 0. The van der Waals surface area contributed by atoms with Crippen LogP contribution in [-0.4, -0.2) is 79.5 Å². The van der Waals surface area contributed by atoms with Crippen molar-refractivity contribution in [3.63, 3.8) is 0 Å². The van der Waals surface area contributed by atoms with Gasteiger partial charge in [-0.05, 0) is 30.7 Å². The van der Waals surface area contributed by atoms with E-state index in [-0.39, 0.29) is 18.4 Å². The molecule has 0 unspecified atom stereocenters. The van der Waals surface area contributed by atoms with Crippen molar-refractivity contribution in [2.24, 2.45) is 5.92 Å². The number of hydrogen-bond donors (Lipinski definition) is 0. The number of amides is 2. The molecule has 0 radical (unpaired) electrons. The zero-order valence-corrected chi connectivity index (χ0v) is 17.0. The summed E-state index contributed by atoms with van der Waals surface area (Å²) in [4.78, 5) is 31.0. The number of benzene rings is 1. The molecule has 154 valence electrons. The number of hydrogen-bond acceptors (Lipinski definition) is 4. The Morgan fingerprint density at radius 2 is 1.75 bits per heavy atom. The summed E-state index contributed by atoms with van der Waals surface area (Å²) in [5.74, 6) is 0.755. The van der Waals surface area contributed by atoms with Crippen LogP contribution in [0, 0.1) is 5.92 Å². The number of ether oxygens (including phenoxy) is 1. The highest BCUT2D eigenvalue weighted by molar-refractivity contribution is 5.77. The molecule has 2 aliphatic heterocycles. The summed E-state index contributed by atoms with van der Waals surface area (Å²) < 4.78 is 4.96. The zero-order valence-electron chi connectivity index (χ0n) is 17.0. The predicted octanol–water partition coefficient (Wildman–Crippen LogP) is 2.00. The van der Waals surface area contributed by atoms with Crippen LogP contribution < -0.4 is 0 Å². The Bertz CT molecular complexity index is 629. The molecule has 2 fully saturated rings. The number of methoxy groups -OCH3 is 1. The predicted molar refractivity (Wildman–Crippen MR) is 109 cm³/mol. The highest BCUT2D eigenvalue weighted by Crippen LogP contribution is 2.22. The van der Waals surface area contributed by atoms with Gasteiger partial charge in [-0.1, -0.05) is 30.3 Å². The van der Waals surface area contributed by atoms with E-state index >= 15 is 0 Å². The van der Waals surface area contributed by atoms with E-state index in [9.17, 15) is 9.59 Å². The summed E-state index contributed by atoms with van der Waals surface area (Å²) in [6.45, 7) is 6.18. The minimum absolute atomic E-state index is 0.0630. The molecule has 0 spiro atoms. The van der Waals surface area contributed by atoms with Gasteiger partial charge in [-0.15, -0.1) is 0 Å². The van der Waals surface area contributed by atoms with Crippen molar-refractivity contribution in [3.05, 3.63) is 35.9 Å². The number of piperidine rings is 1. The zero-order chi connectivity index (χ0) is 19.8. The largest absolute Gasteiger partial charge is 0.375 e. The lowest BCUT2D eigenvalue weighted by molar-refractivity contribution is -0.137. The van der Waals surface area contributed by atoms with Crippen molar-refractivity contribution in [2.45, 2.75) is 32.2 Å². The van der Waals surface area contributed by atoms with Crippen LogP contribution >= 0.6 is 0 Å². The quantitative estimate of drug-likeness (QED) is 0.718. The van der Waals surface area contributed by atoms with Crippen molar-refractivity contribution in [2.75, 3.05) is 53.0 Å². The molecule has 6 heteroatoms. The molecule has 0 N–H and O–H groups in total. The van der Waals surface area contributed by atoms with Crippen LogP contribution in [0.15, 0.2) is 30.3 Å². The van der Waals surface area contributed by atoms with Crippen molar-refractivity contribution in [1.82, 2.24) is 14.7 Å². The second-order valence-electron chi connectivity index (χ2n) is 7.96. The molecule has 2 saturated heterocycles. The van der Waals surface area contributed by atoms with Crippen LogP contribution in [0.3, 0.4) is 0 Å². The minimum Gasteiger partial charge on any atom is -0.375 e. The molecule has 1 atom stereocenters. The average Bonchev–Trinajstić information content (AvgIpc) is 2.74. The Labute approximate surface area is 168 Å². The van der Waals surface area contributed by atoms with Gasteiger partial charge in [-0.25, -0.2) is 0 Å². The number of nitrogens with zero attached hydrogens (tertiary/aromatic N) is 3. The molecular formula is C22H33N3O3. The number of rotatable bonds is 7. The average molecular weight is 388 g/mol. The molecule has 0 bridgehead atoms. The lowest BCUT2D eigenvalue weighted by Gasteiger charge is -2.36. The molecule has 28 heavy (non-hydrogen) atoms. The highest BCUT2D eigenvalue weighted by atomic mass is 16.5. The topological polar surface area (TPSA) is 53.1 Å². The first kappa shape index (κ1) is 20.8. The lowest BCUT2D eigenvalue weighted by atomic mass is 9.93. The summed E-state index contributed by atoms with van der Waals surface area (Å²) >= 11 is 0. The van der Waals surface area contributed by atoms with E-state index in [2.05, 4.69) is 29.2 Å². The molecule has 2 heterocycles. The Morgan fingerprint density at radius 1 is 1.00 bits per heavy atom. The van der Waals surface area contributed by atoms with E-state index in [1.807, 2.05) is 15.9 Å². The van der Waals surface area contributed by atoms with Crippen LogP contribution in [0.4, 0.5) is 0 Å². The third kappa shape index (κ3) is 6.04. The first-order valence-corrected chi connectivity index (χ1v) is 10.5. The van der Waals surface area contributed by atoms with E-state index in [1.54, 1.807) is 7.11 Å². The van der Waals surface area contributed by atoms with E-state index in [0.29, 0.717) is 12.3 Å². The van der Waals surface area contributed by atoms with Crippen LogP contribution in [0.2, 0.25) is 0 Å². The minimum atomic E-state index is 0.0630. The fourth-order valence-corrected chi connectivity index (χ4v) is 4.22. The first-order chi connectivity index (χ1) is 13.7. The van der Waals surface area contributed by atoms with E-state index in [0.717, 1.165) is 65.1 Å². The number of likely N-dealkylation sites (tertiary alicyclic amines) is 1. The molecule has 1 aromatic rings. The van der Waals surface area contributed by atoms with Gasteiger partial charge >= 0.3 is 0 Å². The fraction of sp³-hybridized carbons (Fsp3) is 0.636. The second-order valence-corrected chi connectivity index (χ2v) is 7.96. The second kappa shape index (κ2) is 10.6. The van der Waals surface area contributed by atoms with Gasteiger partial charge in [-0.2, -0.15) is 0 Å². The molecule has 2 amide bonds. The van der Waals surface area contributed by atoms with Crippen LogP contribution in [0.25, 0.3) is 0 Å². The van der Waals surface area contributed by atoms with E-state index in [1.165, 1.54) is 5.56 Å². The Hall–Kier alpha value is -1.92. The van der Waals surface area contributed by atoms with Crippen molar-refractivity contribution >= 4 is 11.8 Å². The van der Waals surface area contributed by atoms with Gasteiger partial charge < -0.3 is 14.5 Å². The first-order valence-electron chi connectivity index (χ1n) is 10.5.